The summed E-state index contributed by atoms with van der Waals surface area (Å²) in [6.07, 6.45) is -4.30. The molecule has 2 amide bonds. The first-order valence-corrected chi connectivity index (χ1v) is 11.3. The number of pyridine rings is 1. The number of amides is 2. The highest BCUT2D eigenvalue weighted by atomic mass is 19.4. The van der Waals surface area contributed by atoms with Crippen molar-refractivity contribution in [2.45, 2.75) is 45.8 Å². The predicted molar refractivity (Wildman–Crippen MR) is 127 cm³/mol. The van der Waals surface area contributed by atoms with Gasteiger partial charge in [0.25, 0.3) is 5.91 Å². The minimum atomic E-state index is -4.64. The van der Waals surface area contributed by atoms with Crippen LogP contribution in [0.2, 0.25) is 0 Å². The first kappa shape index (κ1) is 27.6. The molecule has 0 fully saturated rings. The Balaban J connectivity index is 1.74. The van der Waals surface area contributed by atoms with E-state index in [9.17, 15) is 27.2 Å². The van der Waals surface area contributed by atoms with Crippen LogP contribution in [0.1, 0.15) is 54.2 Å². The number of benzene rings is 1. The Morgan fingerprint density at radius 1 is 1.16 bits per heavy atom. The molecule has 1 aromatic carbocycles. The monoisotopic (exact) mass is 522 g/mol. The number of anilines is 1. The fourth-order valence-corrected chi connectivity index (χ4v) is 3.56. The van der Waals surface area contributed by atoms with Crippen molar-refractivity contribution in [3.8, 4) is 11.5 Å². The highest BCUT2D eigenvalue weighted by Gasteiger charge is 2.29. The van der Waals surface area contributed by atoms with E-state index in [2.05, 4.69) is 30.6 Å². The van der Waals surface area contributed by atoms with Gasteiger partial charge in [-0.05, 0) is 62.1 Å². The Morgan fingerprint density at radius 3 is 2.57 bits per heavy atom. The molecule has 0 saturated carbocycles. The van der Waals surface area contributed by atoms with Crippen LogP contribution in [0, 0.1) is 12.7 Å². The number of aromatic nitrogens is 4. The third-order valence-electron chi connectivity index (χ3n) is 5.40. The molecule has 13 heteroatoms. The summed E-state index contributed by atoms with van der Waals surface area (Å²) in [5.41, 5.74) is 1.23. The molecule has 0 aliphatic rings. The van der Waals surface area contributed by atoms with Crippen molar-refractivity contribution < 1.29 is 31.9 Å². The molecule has 3 aromatic rings. The van der Waals surface area contributed by atoms with E-state index in [1.165, 1.54) is 12.1 Å². The lowest BCUT2D eigenvalue weighted by molar-refractivity contribution is -0.160. The summed E-state index contributed by atoms with van der Waals surface area (Å²) in [5.74, 6) is -1.30. The predicted octanol–water partition coefficient (Wildman–Crippen LogP) is 5.01. The number of hydrogen-bond donors (Lipinski definition) is 2. The average molecular weight is 523 g/mol. The van der Waals surface area contributed by atoms with Crippen molar-refractivity contribution in [3.05, 3.63) is 59.2 Å². The number of nitrogens with zero attached hydrogens (tertiary/aromatic N) is 4. The molecule has 2 aromatic heterocycles. The van der Waals surface area contributed by atoms with Crippen molar-refractivity contribution in [1.82, 2.24) is 25.1 Å². The van der Waals surface area contributed by atoms with Crippen molar-refractivity contribution in [1.29, 1.82) is 0 Å². The molecule has 0 spiro atoms. The SMILES string of the molecule is Cc1cc(F)c(C(=O)Nc2cccc(-c3nncn3C(C)C)n2)cc1C(C)CNC(=O)OCC(F)(F)F. The number of hydrogen-bond acceptors (Lipinski definition) is 6. The summed E-state index contributed by atoms with van der Waals surface area (Å²) in [6.45, 7) is 5.40. The zero-order valence-electron chi connectivity index (χ0n) is 20.6. The lowest BCUT2D eigenvalue weighted by atomic mass is 9.93. The largest absolute Gasteiger partial charge is 0.440 e. The molecule has 0 saturated heterocycles. The molecule has 0 aliphatic heterocycles. The van der Waals surface area contributed by atoms with Crippen LogP contribution in [0.4, 0.5) is 28.2 Å². The van der Waals surface area contributed by atoms with Gasteiger partial charge in [-0.15, -0.1) is 10.2 Å². The molecular weight excluding hydrogens is 496 g/mol. The van der Waals surface area contributed by atoms with E-state index in [1.54, 1.807) is 38.4 Å². The molecule has 2 heterocycles. The standard InChI is InChI=1S/C24H26F4N6O3/c1-13(2)34-12-30-33-21(34)19-6-5-7-20(31-19)32-22(35)17-9-16(14(3)8-18(17)25)15(4)10-29-23(36)37-11-24(26,27)28/h5-9,12-13,15H,10-11H2,1-4H3,(H,29,36)(H,31,32,35). The summed E-state index contributed by atoms with van der Waals surface area (Å²) < 4.78 is 57.2. The van der Waals surface area contributed by atoms with Gasteiger partial charge in [0.1, 0.15) is 23.7 Å². The van der Waals surface area contributed by atoms with Gasteiger partial charge in [0.15, 0.2) is 12.4 Å². The van der Waals surface area contributed by atoms with Crippen LogP contribution in [0.3, 0.4) is 0 Å². The number of aryl methyl sites for hydroxylation is 1. The van der Waals surface area contributed by atoms with Crippen LogP contribution in [0.15, 0.2) is 36.7 Å². The number of ether oxygens (including phenoxy) is 1. The summed E-state index contributed by atoms with van der Waals surface area (Å²) in [4.78, 5) is 28.9. The van der Waals surface area contributed by atoms with E-state index in [1.807, 2.05) is 18.4 Å². The molecule has 1 atom stereocenters. The van der Waals surface area contributed by atoms with Crippen molar-refractivity contribution in [2.75, 3.05) is 18.5 Å². The lowest BCUT2D eigenvalue weighted by Crippen LogP contribution is -2.31. The number of alkyl halides is 3. The summed E-state index contributed by atoms with van der Waals surface area (Å²) >= 11 is 0. The van der Waals surface area contributed by atoms with Gasteiger partial charge >= 0.3 is 12.3 Å². The maximum atomic E-state index is 14.7. The van der Waals surface area contributed by atoms with Gasteiger partial charge in [-0.2, -0.15) is 13.2 Å². The zero-order valence-corrected chi connectivity index (χ0v) is 20.6. The highest BCUT2D eigenvalue weighted by Crippen LogP contribution is 2.25. The van der Waals surface area contributed by atoms with E-state index in [0.717, 1.165) is 0 Å². The molecular formula is C24H26F4N6O3. The Bertz CT molecular complexity index is 1280. The lowest BCUT2D eigenvalue weighted by Gasteiger charge is -2.18. The quantitative estimate of drug-likeness (QED) is 0.402. The minimum Gasteiger partial charge on any atom is -0.440 e. The van der Waals surface area contributed by atoms with E-state index in [0.29, 0.717) is 22.6 Å². The van der Waals surface area contributed by atoms with Gasteiger partial charge in [0.05, 0.1) is 5.56 Å². The molecule has 2 N–H and O–H groups in total. The maximum absolute atomic E-state index is 14.7. The number of alkyl carbamates (subject to hydrolysis) is 1. The number of nitrogens with one attached hydrogen (secondary N) is 2. The molecule has 3 rings (SSSR count). The van der Waals surface area contributed by atoms with Crippen LogP contribution < -0.4 is 10.6 Å². The van der Waals surface area contributed by atoms with Crippen LogP contribution >= 0.6 is 0 Å². The van der Waals surface area contributed by atoms with Gasteiger partial charge in [-0.3, -0.25) is 4.79 Å². The Hall–Kier alpha value is -4.03. The summed E-state index contributed by atoms with van der Waals surface area (Å²) in [5, 5.41) is 12.8. The smallest absolute Gasteiger partial charge is 0.422 e. The highest BCUT2D eigenvalue weighted by molar-refractivity contribution is 6.04. The zero-order chi connectivity index (χ0) is 27.3. The average Bonchev–Trinajstić information content (AvgIpc) is 3.31. The topological polar surface area (TPSA) is 111 Å². The molecule has 198 valence electrons. The van der Waals surface area contributed by atoms with Gasteiger partial charge in [-0.25, -0.2) is 14.2 Å². The Labute approximate surface area is 210 Å². The fraction of sp³-hybridized carbons (Fsp3) is 0.375. The number of carbonyl (C=O) groups excluding carboxylic acids is 2. The summed E-state index contributed by atoms with van der Waals surface area (Å²) in [7, 11) is 0. The second kappa shape index (κ2) is 11.4. The van der Waals surface area contributed by atoms with Gasteiger partial charge in [-0.1, -0.05) is 13.0 Å². The Kier molecular flexibility index (Phi) is 8.46. The third-order valence-corrected chi connectivity index (χ3v) is 5.40. The fourth-order valence-electron chi connectivity index (χ4n) is 3.56. The van der Waals surface area contributed by atoms with Gasteiger partial charge in [0, 0.05) is 12.6 Å². The molecule has 0 aliphatic carbocycles. The third kappa shape index (κ3) is 7.24. The molecule has 0 bridgehead atoms. The van der Waals surface area contributed by atoms with E-state index in [4.69, 9.17) is 0 Å². The number of halogens is 4. The first-order chi connectivity index (χ1) is 17.4. The molecule has 0 radical (unpaired) electrons. The van der Waals surface area contributed by atoms with Crippen molar-refractivity contribution in [2.24, 2.45) is 0 Å². The number of rotatable bonds is 8. The van der Waals surface area contributed by atoms with Crippen molar-refractivity contribution in [3.63, 3.8) is 0 Å². The number of carbonyl (C=O) groups is 2. The van der Waals surface area contributed by atoms with E-state index >= 15 is 0 Å². The van der Waals surface area contributed by atoms with Gasteiger partial charge < -0.3 is 19.9 Å². The van der Waals surface area contributed by atoms with E-state index < -0.39 is 36.5 Å². The molecule has 9 nitrogen and oxygen atoms in total. The second-order valence-corrected chi connectivity index (χ2v) is 8.68. The normalized spacial score (nSPS) is 12.4. The van der Waals surface area contributed by atoms with Crippen LogP contribution in [0.25, 0.3) is 11.5 Å². The first-order valence-electron chi connectivity index (χ1n) is 11.3. The van der Waals surface area contributed by atoms with Crippen LogP contribution in [-0.4, -0.2) is 51.1 Å². The van der Waals surface area contributed by atoms with Gasteiger partial charge in [0.2, 0.25) is 0 Å². The maximum Gasteiger partial charge on any atom is 0.422 e. The van der Waals surface area contributed by atoms with Crippen molar-refractivity contribution >= 4 is 17.8 Å². The summed E-state index contributed by atoms with van der Waals surface area (Å²) in [6, 6.07) is 7.51. The minimum absolute atomic E-state index is 0.0769. The molecule has 37 heavy (non-hydrogen) atoms. The Morgan fingerprint density at radius 2 is 1.89 bits per heavy atom. The van der Waals surface area contributed by atoms with E-state index in [-0.39, 0.29) is 24.0 Å². The van der Waals surface area contributed by atoms with Crippen LogP contribution in [0.5, 0.6) is 0 Å². The van der Waals surface area contributed by atoms with Crippen LogP contribution in [-0.2, 0) is 4.74 Å². The molecule has 1 unspecified atom stereocenters. The second-order valence-electron chi connectivity index (χ2n) is 8.68.